The first-order valence-corrected chi connectivity index (χ1v) is 10.5. The van der Waals surface area contributed by atoms with Crippen LogP contribution in [0.5, 0.6) is 5.75 Å². The molecule has 1 N–H and O–H groups in total. The van der Waals surface area contributed by atoms with Crippen molar-refractivity contribution in [1.82, 2.24) is 0 Å². The highest BCUT2D eigenvalue weighted by molar-refractivity contribution is 7.55. The molecule has 2 aromatic carbocycles. The van der Waals surface area contributed by atoms with Gasteiger partial charge in [-0.3, -0.25) is 4.57 Å². The van der Waals surface area contributed by atoms with Crippen LogP contribution in [0.25, 0.3) is 0 Å². The van der Waals surface area contributed by atoms with Gasteiger partial charge in [-0.25, -0.2) is 0 Å². The molecule has 0 aromatic heterocycles. The molecule has 0 fully saturated rings. The molecular formula is C21H26NO4P. The molecule has 0 aliphatic carbocycles. The van der Waals surface area contributed by atoms with Crippen molar-refractivity contribution in [2.24, 2.45) is 0 Å². The van der Waals surface area contributed by atoms with Crippen molar-refractivity contribution in [3.8, 4) is 17.6 Å². The minimum Gasteiger partial charge on any atom is -0.497 e. The number of methoxy groups -OCH3 is 1. The standard InChI is InChI=1S/C21H26NO4P/c1-5-25-27(23,26-6-2)21(16-11-18-9-7-17(3)8-10-18)22-19-12-14-20(24-4)15-13-19/h7-10,12-15,21-22H,5-6H2,1-4H3. The molecule has 0 radical (unpaired) electrons. The van der Waals surface area contributed by atoms with E-state index >= 15 is 0 Å². The van der Waals surface area contributed by atoms with E-state index in [1.807, 2.05) is 55.5 Å². The van der Waals surface area contributed by atoms with Crippen LogP contribution in [-0.2, 0) is 13.6 Å². The Bertz CT molecular complexity index is 812. The largest absolute Gasteiger partial charge is 0.497 e. The minimum absolute atomic E-state index is 0.268. The zero-order chi connectivity index (χ0) is 19.7. The lowest BCUT2D eigenvalue weighted by atomic mass is 10.1. The van der Waals surface area contributed by atoms with Gasteiger partial charge in [0.25, 0.3) is 0 Å². The van der Waals surface area contributed by atoms with Gasteiger partial charge in [-0.2, -0.15) is 0 Å². The maximum absolute atomic E-state index is 13.3. The first-order valence-electron chi connectivity index (χ1n) is 8.88. The highest BCUT2D eigenvalue weighted by Crippen LogP contribution is 2.52. The molecule has 0 spiro atoms. The molecule has 0 saturated carbocycles. The number of aryl methyl sites for hydroxylation is 1. The summed E-state index contributed by atoms with van der Waals surface area (Å²) in [5.41, 5.74) is 2.74. The van der Waals surface area contributed by atoms with Crippen LogP contribution in [0, 0.1) is 18.8 Å². The average Bonchev–Trinajstić information content (AvgIpc) is 2.67. The van der Waals surface area contributed by atoms with Crippen molar-refractivity contribution in [3.05, 3.63) is 59.7 Å². The monoisotopic (exact) mass is 387 g/mol. The Balaban J connectivity index is 2.34. The normalized spacial score (nSPS) is 12.0. The van der Waals surface area contributed by atoms with Gasteiger partial charge in [-0.15, -0.1) is 0 Å². The summed E-state index contributed by atoms with van der Waals surface area (Å²) in [5.74, 6) is 6.04. The van der Waals surface area contributed by atoms with E-state index in [1.54, 1.807) is 21.0 Å². The summed E-state index contributed by atoms with van der Waals surface area (Å²) < 4.78 is 29.5. The van der Waals surface area contributed by atoms with Gasteiger partial charge in [-0.1, -0.05) is 29.5 Å². The first-order chi connectivity index (χ1) is 13.0. The van der Waals surface area contributed by atoms with Crippen molar-refractivity contribution in [1.29, 1.82) is 0 Å². The highest BCUT2D eigenvalue weighted by atomic mass is 31.2. The SMILES string of the molecule is CCOP(=O)(OCC)C(C#Cc1ccc(C)cc1)Nc1ccc(OC)cc1. The van der Waals surface area contributed by atoms with Crippen LogP contribution < -0.4 is 10.1 Å². The van der Waals surface area contributed by atoms with Gasteiger partial charge in [0.1, 0.15) is 5.75 Å². The van der Waals surface area contributed by atoms with E-state index in [-0.39, 0.29) is 13.2 Å². The number of hydrogen-bond donors (Lipinski definition) is 1. The van der Waals surface area contributed by atoms with Crippen molar-refractivity contribution >= 4 is 13.3 Å². The molecule has 2 aromatic rings. The molecule has 2 rings (SSSR count). The van der Waals surface area contributed by atoms with Crippen LogP contribution in [0.15, 0.2) is 48.5 Å². The van der Waals surface area contributed by atoms with Crippen LogP contribution in [-0.4, -0.2) is 26.1 Å². The number of hydrogen-bond acceptors (Lipinski definition) is 5. The Morgan fingerprint density at radius 1 is 1.00 bits per heavy atom. The third kappa shape index (κ3) is 6.15. The molecule has 27 heavy (non-hydrogen) atoms. The molecule has 5 nitrogen and oxygen atoms in total. The molecular weight excluding hydrogens is 361 g/mol. The number of rotatable bonds is 8. The average molecular weight is 387 g/mol. The highest BCUT2D eigenvalue weighted by Gasteiger charge is 2.34. The lowest BCUT2D eigenvalue weighted by Gasteiger charge is -2.24. The second-order valence-electron chi connectivity index (χ2n) is 5.79. The van der Waals surface area contributed by atoms with Gasteiger partial charge in [0.05, 0.1) is 20.3 Å². The fraction of sp³-hybridized carbons (Fsp3) is 0.333. The summed E-state index contributed by atoms with van der Waals surface area (Å²) in [6.45, 7) is 6.12. The van der Waals surface area contributed by atoms with Gasteiger partial charge < -0.3 is 19.1 Å². The maximum atomic E-state index is 13.3. The van der Waals surface area contributed by atoms with E-state index in [0.29, 0.717) is 0 Å². The Kier molecular flexibility index (Phi) is 7.94. The van der Waals surface area contributed by atoms with Crippen molar-refractivity contribution in [2.45, 2.75) is 26.6 Å². The smallest absolute Gasteiger partial charge is 0.364 e. The summed E-state index contributed by atoms with van der Waals surface area (Å²) in [7, 11) is -1.87. The molecule has 0 aliphatic heterocycles. The molecule has 0 saturated heterocycles. The van der Waals surface area contributed by atoms with Gasteiger partial charge in [-0.05, 0) is 57.2 Å². The molecule has 0 aliphatic rings. The van der Waals surface area contributed by atoms with E-state index in [4.69, 9.17) is 13.8 Å². The van der Waals surface area contributed by atoms with E-state index in [9.17, 15) is 4.57 Å². The second kappa shape index (κ2) is 10.2. The van der Waals surface area contributed by atoms with Gasteiger partial charge in [0, 0.05) is 11.3 Å². The Morgan fingerprint density at radius 3 is 2.11 bits per heavy atom. The number of benzene rings is 2. The zero-order valence-electron chi connectivity index (χ0n) is 16.2. The van der Waals surface area contributed by atoms with Gasteiger partial charge >= 0.3 is 7.60 Å². The summed E-state index contributed by atoms with van der Waals surface area (Å²) in [5, 5.41) is 3.18. The zero-order valence-corrected chi connectivity index (χ0v) is 17.1. The lowest BCUT2D eigenvalue weighted by molar-refractivity contribution is 0.218. The topological polar surface area (TPSA) is 56.8 Å². The van der Waals surface area contributed by atoms with E-state index in [0.717, 1.165) is 22.6 Å². The van der Waals surface area contributed by atoms with Crippen LogP contribution >= 0.6 is 7.60 Å². The predicted molar refractivity (Wildman–Crippen MR) is 109 cm³/mol. The molecule has 0 amide bonds. The molecule has 1 atom stereocenters. The maximum Gasteiger partial charge on any atom is 0.364 e. The van der Waals surface area contributed by atoms with E-state index < -0.39 is 13.4 Å². The fourth-order valence-corrected chi connectivity index (χ4v) is 4.00. The van der Waals surface area contributed by atoms with E-state index in [2.05, 4.69) is 17.2 Å². The Morgan fingerprint density at radius 2 is 1.59 bits per heavy atom. The summed E-state index contributed by atoms with van der Waals surface area (Å²) in [6, 6.07) is 15.1. The molecule has 1 unspecified atom stereocenters. The summed E-state index contributed by atoms with van der Waals surface area (Å²) in [6.07, 6.45) is 0. The number of nitrogens with one attached hydrogen (secondary N) is 1. The fourth-order valence-electron chi connectivity index (χ4n) is 2.37. The number of ether oxygens (including phenoxy) is 1. The van der Waals surface area contributed by atoms with Crippen LogP contribution in [0.4, 0.5) is 5.69 Å². The summed E-state index contributed by atoms with van der Waals surface area (Å²) >= 11 is 0. The van der Waals surface area contributed by atoms with Crippen LogP contribution in [0.2, 0.25) is 0 Å². The molecule has 0 heterocycles. The van der Waals surface area contributed by atoms with Crippen LogP contribution in [0.3, 0.4) is 0 Å². The molecule has 6 heteroatoms. The van der Waals surface area contributed by atoms with E-state index in [1.165, 1.54) is 0 Å². The quantitative estimate of drug-likeness (QED) is 0.507. The first kappa shape index (κ1) is 21.1. The second-order valence-corrected chi connectivity index (χ2v) is 7.90. The van der Waals surface area contributed by atoms with Gasteiger partial charge in [0.15, 0.2) is 5.78 Å². The molecule has 144 valence electrons. The molecule has 0 bridgehead atoms. The number of anilines is 1. The minimum atomic E-state index is -3.48. The van der Waals surface area contributed by atoms with Crippen LogP contribution in [0.1, 0.15) is 25.0 Å². The summed E-state index contributed by atoms with van der Waals surface area (Å²) in [4.78, 5) is 0. The Labute approximate surface area is 161 Å². The third-order valence-electron chi connectivity index (χ3n) is 3.73. The lowest BCUT2D eigenvalue weighted by Crippen LogP contribution is -2.21. The van der Waals surface area contributed by atoms with Crippen molar-refractivity contribution in [3.63, 3.8) is 0 Å². The van der Waals surface area contributed by atoms with Crippen molar-refractivity contribution in [2.75, 3.05) is 25.6 Å². The Hall–Kier alpha value is -2.25. The van der Waals surface area contributed by atoms with Crippen molar-refractivity contribution < 1.29 is 18.3 Å². The third-order valence-corrected chi connectivity index (χ3v) is 5.86. The van der Waals surface area contributed by atoms with Gasteiger partial charge in [0.2, 0.25) is 0 Å². The predicted octanol–water partition coefficient (Wildman–Crippen LogP) is 5.06.